The second-order valence-electron chi connectivity index (χ2n) is 8.05. The van der Waals surface area contributed by atoms with Crippen LogP contribution in [0.4, 0.5) is 0 Å². The van der Waals surface area contributed by atoms with E-state index in [1.165, 1.54) is 14.0 Å². The van der Waals surface area contributed by atoms with E-state index in [2.05, 4.69) is 0 Å². The number of aliphatic hydroxyl groups excluding tert-OH is 3. The van der Waals surface area contributed by atoms with Crippen LogP contribution in [0.2, 0.25) is 0 Å². The molecule has 2 aliphatic carbocycles. The maximum atomic E-state index is 12.8. The van der Waals surface area contributed by atoms with Crippen LogP contribution in [-0.2, 0) is 19.0 Å². The lowest BCUT2D eigenvalue weighted by atomic mass is 9.44. The number of esters is 1. The molecule has 9 heteroatoms. The topological polar surface area (TPSA) is 146 Å². The SMILES string of the molecule is COC1OCC2(O)C3CC4(C(=O)O3)C(C)C(O)C(O)C4(O)C2(C)C1O. The molecule has 25 heavy (non-hydrogen) atoms. The highest BCUT2D eigenvalue weighted by Crippen LogP contribution is 2.72. The molecule has 1 spiro atoms. The predicted octanol–water partition coefficient (Wildman–Crippen LogP) is -2.49. The quantitative estimate of drug-likeness (QED) is 0.320. The van der Waals surface area contributed by atoms with Gasteiger partial charge in [-0.25, -0.2) is 0 Å². The third kappa shape index (κ3) is 1.43. The fourth-order valence-electron chi connectivity index (χ4n) is 5.95. The summed E-state index contributed by atoms with van der Waals surface area (Å²) < 4.78 is 15.8. The van der Waals surface area contributed by atoms with Crippen molar-refractivity contribution in [3.63, 3.8) is 0 Å². The average molecular weight is 360 g/mol. The summed E-state index contributed by atoms with van der Waals surface area (Å²) in [5.41, 5.74) is -7.79. The average Bonchev–Trinajstić information content (AvgIpc) is 2.99. The molecule has 2 heterocycles. The third-order valence-corrected chi connectivity index (χ3v) is 7.62. The van der Waals surface area contributed by atoms with Gasteiger partial charge in [0.2, 0.25) is 0 Å². The number of fused-ring (bicyclic) bond motifs is 4. The molecule has 4 rings (SSSR count). The minimum Gasteiger partial charge on any atom is -0.459 e. The zero-order valence-corrected chi connectivity index (χ0v) is 14.2. The van der Waals surface area contributed by atoms with Crippen molar-refractivity contribution >= 4 is 5.97 Å². The van der Waals surface area contributed by atoms with Crippen LogP contribution in [-0.4, -0.2) is 87.1 Å². The highest BCUT2D eigenvalue weighted by molar-refractivity contribution is 5.84. The second kappa shape index (κ2) is 4.72. The molecule has 10 unspecified atom stereocenters. The molecule has 142 valence electrons. The number of methoxy groups -OCH3 is 1. The van der Waals surface area contributed by atoms with Gasteiger partial charge in [-0.1, -0.05) is 13.8 Å². The van der Waals surface area contributed by atoms with Gasteiger partial charge in [0.05, 0.1) is 18.1 Å². The van der Waals surface area contributed by atoms with Crippen LogP contribution in [0.5, 0.6) is 0 Å². The van der Waals surface area contributed by atoms with Crippen molar-refractivity contribution in [1.29, 1.82) is 0 Å². The van der Waals surface area contributed by atoms with Crippen molar-refractivity contribution < 1.29 is 44.5 Å². The number of ether oxygens (including phenoxy) is 3. The number of hydrogen-bond acceptors (Lipinski definition) is 9. The number of carbonyl (C=O) groups is 1. The molecular formula is C16H24O9. The van der Waals surface area contributed by atoms with Crippen molar-refractivity contribution in [3.8, 4) is 0 Å². The van der Waals surface area contributed by atoms with Gasteiger partial charge in [0.15, 0.2) is 6.29 Å². The molecule has 0 amide bonds. The standard InChI is InChI=1S/C16H24O9/c1-6-8(17)9(18)16(22)13(2)10(19)11(23-3)24-5-15(13,21)7-4-14(6,16)12(20)25-7/h6-11,17-19,21-22H,4-5H2,1-3H3. The van der Waals surface area contributed by atoms with Crippen molar-refractivity contribution in [3.05, 3.63) is 0 Å². The van der Waals surface area contributed by atoms with Gasteiger partial charge >= 0.3 is 5.97 Å². The predicted molar refractivity (Wildman–Crippen MR) is 78.9 cm³/mol. The van der Waals surface area contributed by atoms with Gasteiger partial charge in [0, 0.05) is 19.4 Å². The molecule has 5 N–H and O–H groups in total. The number of rotatable bonds is 1. The molecule has 9 nitrogen and oxygen atoms in total. The monoisotopic (exact) mass is 360 g/mol. The van der Waals surface area contributed by atoms with Gasteiger partial charge < -0.3 is 39.7 Å². The molecule has 4 aliphatic rings. The number of carbonyl (C=O) groups excluding carboxylic acids is 1. The summed E-state index contributed by atoms with van der Waals surface area (Å²) in [6, 6.07) is 0. The van der Waals surface area contributed by atoms with Gasteiger partial charge in [-0.15, -0.1) is 0 Å². The van der Waals surface area contributed by atoms with E-state index in [0.29, 0.717) is 0 Å². The molecule has 2 aliphatic heterocycles. The van der Waals surface area contributed by atoms with E-state index in [9.17, 15) is 30.3 Å². The van der Waals surface area contributed by atoms with E-state index >= 15 is 0 Å². The fraction of sp³-hybridized carbons (Fsp3) is 0.938. The Bertz CT molecular complexity index is 627. The van der Waals surface area contributed by atoms with Crippen molar-refractivity contribution in [2.75, 3.05) is 13.7 Å². The molecule has 0 radical (unpaired) electrons. The number of hydrogen-bond donors (Lipinski definition) is 5. The van der Waals surface area contributed by atoms with Crippen molar-refractivity contribution in [2.45, 2.75) is 62.2 Å². The van der Waals surface area contributed by atoms with Gasteiger partial charge in [-0.05, 0) is 0 Å². The summed E-state index contributed by atoms with van der Waals surface area (Å²) in [5.74, 6) is -1.63. The molecule has 0 aromatic carbocycles. The van der Waals surface area contributed by atoms with E-state index in [-0.39, 0.29) is 13.0 Å². The van der Waals surface area contributed by atoms with E-state index in [0.717, 1.165) is 0 Å². The van der Waals surface area contributed by atoms with Crippen LogP contribution in [0.1, 0.15) is 20.3 Å². The molecule has 10 atom stereocenters. The Labute approximate surface area is 144 Å². The van der Waals surface area contributed by atoms with Gasteiger partial charge in [-0.3, -0.25) is 4.79 Å². The van der Waals surface area contributed by atoms with Crippen molar-refractivity contribution in [1.82, 2.24) is 0 Å². The Kier molecular flexibility index (Phi) is 3.32. The molecule has 2 bridgehead atoms. The summed E-state index contributed by atoms with van der Waals surface area (Å²) in [6.07, 6.45) is -7.08. The third-order valence-electron chi connectivity index (χ3n) is 7.62. The Morgan fingerprint density at radius 3 is 2.44 bits per heavy atom. The minimum atomic E-state index is -2.34. The Morgan fingerprint density at radius 2 is 1.84 bits per heavy atom. The molecule has 4 fully saturated rings. The molecule has 0 aromatic rings. The Morgan fingerprint density at radius 1 is 1.20 bits per heavy atom. The van der Waals surface area contributed by atoms with E-state index in [1.54, 1.807) is 6.92 Å². The highest BCUT2D eigenvalue weighted by atomic mass is 16.7. The normalized spacial score (nSPS) is 63.1. The first-order valence-corrected chi connectivity index (χ1v) is 8.38. The van der Waals surface area contributed by atoms with Crippen molar-refractivity contribution in [2.24, 2.45) is 16.7 Å². The first kappa shape index (κ1) is 17.6. The Hall–Kier alpha value is -0.810. The summed E-state index contributed by atoms with van der Waals surface area (Å²) >= 11 is 0. The van der Waals surface area contributed by atoms with Crippen LogP contribution < -0.4 is 0 Å². The highest BCUT2D eigenvalue weighted by Gasteiger charge is 2.89. The summed E-state index contributed by atoms with van der Waals surface area (Å²) in [6.45, 7) is 2.55. The Balaban J connectivity index is 2.01. The molecule has 2 saturated heterocycles. The van der Waals surface area contributed by atoms with Crippen LogP contribution in [0.15, 0.2) is 0 Å². The lowest BCUT2D eigenvalue weighted by molar-refractivity contribution is -0.385. The maximum Gasteiger partial charge on any atom is 0.316 e. The van der Waals surface area contributed by atoms with E-state index in [4.69, 9.17) is 14.2 Å². The summed E-state index contributed by atoms with van der Waals surface area (Å²) in [4.78, 5) is 12.8. The zero-order chi connectivity index (χ0) is 18.6. The first-order chi connectivity index (χ1) is 11.5. The zero-order valence-electron chi connectivity index (χ0n) is 14.2. The first-order valence-electron chi connectivity index (χ1n) is 8.38. The number of aliphatic hydroxyl groups is 5. The largest absolute Gasteiger partial charge is 0.459 e. The van der Waals surface area contributed by atoms with Gasteiger partial charge in [-0.2, -0.15) is 0 Å². The second-order valence-corrected chi connectivity index (χ2v) is 8.05. The lowest BCUT2D eigenvalue weighted by Crippen LogP contribution is -2.82. The molecule has 0 aromatic heterocycles. The van der Waals surface area contributed by atoms with Gasteiger partial charge in [0.25, 0.3) is 0 Å². The fourth-order valence-corrected chi connectivity index (χ4v) is 5.95. The van der Waals surface area contributed by atoms with Crippen LogP contribution in [0.25, 0.3) is 0 Å². The molecule has 2 saturated carbocycles. The maximum absolute atomic E-state index is 12.8. The molecular weight excluding hydrogens is 336 g/mol. The van der Waals surface area contributed by atoms with Crippen LogP contribution in [0, 0.1) is 16.7 Å². The van der Waals surface area contributed by atoms with E-state index in [1.807, 2.05) is 0 Å². The summed E-state index contributed by atoms with van der Waals surface area (Å²) in [7, 11) is 1.29. The van der Waals surface area contributed by atoms with Crippen LogP contribution in [0.3, 0.4) is 0 Å². The summed E-state index contributed by atoms with van der Waals surface area (Å²) in [5, 5.41) is 55.2. The lowest BCUT2D eigenvalue weighted by Gasteiger charge is -2.64. The minimum absolute atomic E-state index is 0.0859. The van der Waals surface area contributed by atoms with Crippen LogP contribution >= 0.6 is 0 Å². The van der Waals surface area contributed by atoms with E-state index < -0.39 is 64.6 Å². The van der Waals surface area contributed by atoms with Gasteiger partial charge in [0.1, 0.15) is 34.9 Å². The smallest absolute Gasteiger partial charge is 0.316 e.